The van der Waals surface area contributed by atoms with Gasteiger partial charge >= 0.3 is 0 Å². The number of aryl methyl sites for hydroxylation is 1. The molecular weight excluding hydrogens is 339 g/mol. The molecule has 0 saturated carbocycles. The fourth-order valence-corrected chi connectivity index (χ4v) is 4.06. The van der Waals surface area contributed by atoms with E-state index in [1.165, 1.54) is 28.6 Å². The zero-order valence-electron chi connectivity index (χ0n) is 13.6. The second-order valence-electron chi connectivity index (χ2n) is 5.67. The summed E-state index contributed by atoms with van der Waals surface area (Å²) in [4.78, 5) is 4.19. The number of aromatic nitrogens is 1. The van der Waals surface area contributed by atoms with Gasteiger partial charge in [0.2, 0.25) is 0 Å². The maximum atomic E-state index is 13.7. The van der Waals surface area contributed by atoms with Crippen LogP contribution in [0.25, 0.3) is 0 Å². The Hall–Kier alpha value is -2.73. The van der Waals surface area contributed by atoms with Gasteiger partial charge in [0.15, 0.2) is 0 Å². The van der Waals surface area contributed by atoms with Crippen molar-refractivity contribution in [1.29, 1.82) is 0 Å². The molecule has 0 N–H and O–H groups in total. The van der Waals surface area contributed by atoms with Crippen molar-refractivity contribution in [1.82, 2.24) is 4.98 Å². The Morgan fingerprint density at radius 2 is 1.84 bits per heavy atom. The highest BCUT2D eigenvalue weighted by atomic mass is 32.2. The molecule has 0 atom stereocenters. The number of rotatable bonds is 5. The molecule has 0 fully saturated rings. The number of anilines is 1. The highest BCUT2D eigenvalue weighted by molar-refractivity contribution is 7.92. The molecule has 0 aliphatic carbocycles. The fourth-order valence-electron chi connectivity index (χ4n) is 2.51. The fraction of sp³-hybridized carbons (Fsp3) is 0.105. The third-order valence-corrected chi connectivity index (χ3v) is 5.49. The molecule has 0 aliphatic rings. The van der Waals surface area contributed by atoms with Crippen LogP contribution >= 0.6 is 0 Å². The van der Waals surface area contributed by atoms with E-state index in [0.29, 0.717) is 5.56 Å². The Labute approximate surface area is 146 Å². The summed E-state index contributed by atoms with van der Waals surface area (Å²) >= 11 is 0. The molecule has 1 heterocycles. The van der Waals surface area contributed by atoms with E-state index >= 15 is 0 Å². The van der Waals surface area contributed by atoms with E-state index < -0.39 is 15.8 Å². The quantitative estimate of drug-likeness (QED) is 0.696. The number of pyridine rings is 1. The van der Waals surface area contributed by atoms with Crippen LogP contribution in [0, 0.1) is 12.7 Å². The number of halogens is 1. The van der Waals surface area contributed by atoms with Gasteiger partial charge in [0, 0.05) is 12.4 Å². The Balaban J connectivity index is 2.10. The van der Waals surface area contributed by atoms with Gasteiger partial charge in [0.25, 0.3) is 10.0 Å². The molecule has 2 aromatic carbocycles. The van der Waals surface area contributed by atoms with E-state index in [1.54, 1.807) is 42.7 Å². The lowest BCUT2D eigenvalue weighted by Gasteiger charge is -2.25. The Kier molecular flexibility index (Phi) is 4.81. The zero-order chi connectivity index (χ0) is 17.9. The summed E-state index contributed by atoms with van der Waals surface area (Å²) in [5.74, 6) is -0.492. The number of sulfonamides is 1. The average molecular weight is 356 g/mol. The first-order valence-electron chi connectivity index (χ1n) is 7.71. The predicted molar refractivity (Wildman–Crippen MR) is 95.2 cm³/mol. The van der Waals surface area contributed by atoms with E-state index in [2.05, 4.69) is 4.98 Å². The first-order valence-corrected chi connectivity index (χ1v) is 9.15. The summed E-state index contributed by atoms with van der Waals surface area (Å²) in [6.45, 7) is 1.89. The van der Waals surface area contributed by atoms with E-state index in [9.17, 15) is 12.8 Å². The smallest absolute Gasteiger partial charge is 0.264 e. The van der Waals surface area contributed by atoms with Gasteiger partial charge in [-0.1, -0.05) is 24.3 Å². The Morgan fingerprint density at radius 3 is 2.52 bits per heavy atom. The van der Waals surface area contributed by atoms with Gasteiger partial charge in [-0.15, -0.1) is 0 Å². The van der Waals surface area contributed by atoms with Crippen LogP contribution in [0.5, 0.6) is 0 Å². The second kappa shape index (κ2) is 7.03. The Bertz CT molecular complexity index is 975. The van der Waals surface area contributed by atoms with E-state index in [0.717, 1.165) is 5.56 Å². The van der Waals surface area contributed by atoms with E-state index in [-0.39, 0.29) is 17.1 Å². The van der Waals surface area contributed by atoms with Gasteiger partial charge in [-0.2, -0.15) is 0 Å². The maximum absolute atomic E-state index is 13.7. The van der Waals surface area contributed by atoms with Gasteiger partial charge in [0.1, 0.15) is 5.82 Å². The molecule has 0 saturated heterocycles. The molecule has 0 radical (unpaired) electrons. The van der Waals surface area contributed by atoms with Crippen LogP contribution in [-0.4, -0.2) is 13.4 Å². The summed E-state index contributed by atoms with van der Waals surface area (Å²) in [6, 6.07) is 15.7. The van der Waals surface area contributed by atoms with Gasteiger partial charge < -0.3 is 0 Å². The van der Waals surface area contributed by atoms with Crippen molar-refractivity contribution in [2.75, 3.05) is 4.31 Å². The van der Waals surface area contributed by atoms with Crippen molar-refractivity contribution in [2.24, 2.45) is 0 Å². The number of hydrogen-bond acceptors (Lipinski definition) is 3. The van der Waals surface area contributed by atoms with Crippen molar-refractivity contribution >= 4 is 15.7 Å². The monoisotopic (exact) mass is 356 g/mol. The lowest BCUT2D eigenvalue weighted by Crippen LogP contribution is -2.30. The minimum Gasteiger partial charge on any atom is -0.264 e. The first kappa shape index (κ1) is 17.1. The van der Waals surface area contributed by atoms with Crippen LogP contribution < -0.4 is 4.31 Å². The largest absolute Gasteiger partial charge is 0.264 e. The SMILES string of the molecule is Cc1cccc(S(=O)(=O)N(Cc2cccnc2)c2cccc(F)c2)c1. The molecule has 4 nitrogen and oxygen atoms in total. The minimum absolute atomic E-state index is 0.0631. The lowest BCUT2D eigenvalue weighted by atomic mass is 10.2. The highest BCUT2D eigenvalue weighted by Crippen LogP contribution is 2.26. The molecule has 3 aromatic rings. The second-order valence-corrected chi connectivity index (χ2v) is 7.53. The van der Waals surface area contributed by atoms with Crippen molar-refractivity contribution in [2.45, 2.75) is 18.4 Å². The van der Waals surface area contributed by atoms with Gasteiger partial charge in [-0.05, 0) is 54.4 Å². The van der Waals surface area contributed by atoms with Crippen LogP contribution in [0.2, 0.25) is 0 Å². The summed E-state index contributed by atoms with van der Waals surface area (Å²) < 4.78 is 41.3. The average Bonchev–Trinajstić information content (AvgIpc) is 2.60. The molecule has 6 heteroatoms. The molecule has 1 aromatic heterocycles. The van der Waals surface area contributed by atoms with Crippen molar-refractivity contribution in [3.63, 3.8) is 0 Å². The van der Waals surface area contributed by atoms with E-state index in [4.69, 9.17) is 0 Å². The molecule has 25 heavy (non-hydrogen) atoms. The molecular formula is C19H17FN2O2S. The first-order chi connectivity index (χ1) is 12.0. The number of nitrogens with zero attached hydrogens (tertiary/aromatic N) is 2. The van der Waals surface area contributed by atoms with Crippen LogP contribution in [-0.2, 0) is 16.6 Å². The van der Waals surface area contributed by atoms with Crippen molar-refractivity contribution in [3.8, 4) is 0 Å². The topological polar surface area (TPSA) is 50.3 Å². The molecule has 128 valence electrons. The van der Waals surface area contributed by atoms with Crippen LogP contribution in [0.4, 0.5) is 10.1 Å². The number of benzene rings is 2. The Morgan fingerprint density at radius 1 is 1.04 bits per heavy atom. The third kappa shape index (κ3) is 3.85. The summed E-state index contributed by atoms with van der Waals surface area (Å²) in [5, 5.41) is 0. The van der Waals surface area contributed by atoms with Gasteiger partial charge in [-0.25, -0.2) is 12.8 Å². The lowest BCUT2D eigenvalue weighted by molar-refractivity contribution is 0.589. The zero-order valence-corrected chi connectivity index (χ0v) is 14.4. The van der Waals surface area contributed by atoms with Crippen molar-refractivity contribution in [3.05, 3.63) is 90.0 Å². The molecule has 0 aliphatic heterocycles. The minimum atomic E-state index is -3.85. The predicted octanol–water partition coefficient (Wildman–Crippen LogP) is 3.92. The normalized spacial score (nSPS) is 11.3. The van der Waals surface area contributed by atoms with Crippen LogP contribution in [0.3, 0.4) is 0 Å². The van der Waals surface area contributed by atoms with Crippen LogP contribution in [0.15, 0.2) is 78.0 Å². The molecule has 0 bridgehead atoms. The molecule has 0 spiro atoms. The molecule has 3 rings (SSSR count). The van der Waals surface area contributed by atoms with Gasteiger partial charge in [0.05, 0.1) is 17.1 Å². The van der Waals surface area contributed by atoms with Crippen molar-refractivity contribution < 1.29 is 12.8 Å². The molecule has 0 unspecified atom stereocenters. The molecule has 0 amide bonds. The highest BCUT2D eigenvalue weighted by Gasteiger charge is 2.25. The standard InChI is InChI=1S/C19H17FN2O2S/c1-15-5-2-9-19(11-15)25(23,24)22(14-16-6-4-10-21-13-16)18-8-3-7-17(20)12-18/h2-13H,14H2,1H3. The third-order valence-electron chi connectivity index (χ3n) is 3.72. The maximum Gasteiger partial charge on any atom is 0.264 e. The van der Waals surface area contributed by atoms with Gasteiger partial charge in [-0.3, -0.25) is 9.29 Å². The van der Waals surface area contributed by atoms with Crippen LogP contribution in [0.1, 0.15) is 11.1 Å². The van der Waals surface area contributed by atoms with E-state index in [1.807, 2.05) is 13.0 Å². The summed E-state index contributed by atoms with van der Waals surface area (Å²) in [5.41, 5.74) is 1.81. The number of hydrogen-bond donors (Lipinski definition) is 0. The summed E-state index contributed by atoms with van der Waals surface area (Å²) in [7, 11) is -3.85. The summed E-state index contributed by atoms with van der Waals surface area (Å²) in [6.07, 6.45) is 3.21.